The monoisotopic (exact) mass is 235 g/mol. The molecule has 0 aromatic heterocycles. The largest absolute Gasteiger partial charge is 0.467 e. The highest BCUT2D eigenvalue weighted by atomic mass is 16.5. The number of carbonyl (C=O) groups excluding carboxylic acids is 1. The first-order valence-electron chi connectivity index (χ1n) is 5.76. The van der Waals surface area contributed by atoms with Crippen molar-refractivity contribution in [3.63, 3.8) is 0 Å². The molecule has 0 saturated carbocycles. The van der Waals surface area contributed by atoms with Crippen LogP contribution in [-0.4, -0.2) is 19.1 Å². The van der Waals surface area contributed by atoms with Crippen LogP contribution < -0.4 is 5.32 Å². The van der Waals surface area contributed by atoms with Gasteiger partial charge in [0.05, 0.1) is 7.11 Å². The van der Waals surface area contributed by atoms with Crippen molar-refractivity contribution in [3.05, 3.63) is 29.8 Å². The summed E-state index contributed by atoms with van der Waals surface area (Å²) in [6.45, 7) is 8.05. The fourth-order valence-corrected chi connectivity index (χ4v) is 1.64. The molecular formula is C14H21NO2. The first-order valence-corrected chi connectivity index (χ1v) is 5.76. The number of hydrogen-bond acceptors (Lipinski definition) is 3. The van der Waals surface area contributed by atoms with Gasteiger partial charge in [-0.1, -0.05) is 39.0 Å². The van der Waals surface area contributed by atoms with Crippen LogP contribution in [-0.2, 0) is 9.53 Å². The Morgan fingerprint density at radius 2 is 1.88 bits per heavy atom. The zero-order valence-corrected chi connectivity index (χ0v) is 11.2. The predicted octanol–water partition coefficient (Wildman–Crippen LogP) is 2.99. The van der Waals surface area contributed by atoms with E-state index in [9.17, 15) is 4.79 Å². The van der Waals surface area contributed by atoms with Crippen LogP contribution in [0.3, 0.4) is 0 Å². The molecule has 3 nitrogen and oxygen atoms in total. The van der Waals surface area contributed by atoms with Gasteiger partial charge in [-0.05, 0) is 24.0 Å². The first kappa shape index (κ1) is 13.6. The van der Waals surface area contributed by atoms with Gasteiger partial charge in [-0.15, -0.1) is 0 Å². The van der Waals surface area contributed by atoms with Gasteiger partial charge in [0, 0.05) is 5.69 Å². The zero-order chi connectivity index (χ0) is 13.1. The molecule has 0 fully saturated rings. The van der Waals surface area contributed by atoms with Crippen molar-refractivity contribution in [2.45, 2.75) is 33.7 Å². The minimum absolute atomic E-state index is 0.199. The lowest BCUT2D eigenvalue weighted by Crippen LogP contribution is -2.42. The number of hydrogen-bond donors (Lipinski definition) is 1. The van der Waals surface area contributed by atoms with Crippen molar-refractivity contribution in [2.75, 3.05) is 12.4 Å². The molecule has 1 aromatic rings. The van der Waals surface area contributed by atoms with E-state index in [0.29, 0.717) is 0 Å². The second-order valence-corrected chi connectivity index (χ2v) is 5.28. The summed E-state index contributed by atoms with van der Waals surface area (Å²) in [5.41, 5.74) is 1.89. The van der Waals surface area contributed by atoms with Crippen molar-refractivity contribution < 1.29 is 9.53 Å². The Kier molecular flexibility index (Phi) is 4.16. The van der Waals surface area contributed by atoms with E-state index >= 15 is 0 Å². The smallest absolute Gasteiger partial charge is 0.328 e. The fourth-order valence-electron chi connectivity index (χ4n) is 1.64. The SMILES string of the molecule is COC(=O)C(Nc1ccccc1C)C(C)(C)C. The van der Waals surface area contributed by atoms with E-state index < -0.39 is 0 Å². The minimum atomic E-state index is -0.353. The van der Waals surface area contributed by atoms with E-state index in [-0.39, 0.29) is 17.4 Å². The average molecular weight is 235 g/mol. The van der Waals surface area contributed by atoms with Gasteiger partial charge in [0.15, 0.2) is 0 Å². The van der Waals surface area contributed by atoms with Crippen LogP contribution in [0.2, 0.25) is 0 Å². The molecule has 0 radical (unpaired) electrons. The average Bonchev–Trinajstić information content (AvgIpc) is 2.25. The number of aryl methyl sites for hydroxylation is 1. The number of methoxy groups -OCH3 is 1. The van der Waals surface area contributed by atoms with Crippen LogP contribution in [0.25, 0.3) is 0 Å². The van der Waals surface area contributed by atoms with Gasteiger partial charge < -0.3 is 10.1 Å². The maximum absolute atomic E-state index is 11.8. The van der Waals surface area contributed by atoms with E-state index in [4.69, 9.17) is 4.74 Å². The molecule has 0 bridgehead atoms. The van der Waals surface area contributed by atoms with Gasteiger partial charge in [-0.25, -0.2) is 4.79 Å². The molecule has 0 heterocycles. The molecule has 0 spiro atoms. The van der Waals surface area contributed by atoms with Crippen LogP contribution in [0.4, 0.5) is 5.69 Å². The topological polar surface area (TPSA) is 38.3 Å². The number of ether oxygens (including phenoxy) is 1. The molecule has 0 aliphatic carbocycles. The van der Waals surface area contributed by atoms with Crippen LogP contribution >= 0.6 is 0 Å². The third-order valence-corrected chi connectivity index (χ3v) is 2.75. The Bertz CT molecular complexity index is 393. The quantitative estimate of drug-likeness (QED) is 0.818. The molecule has 1 rings (SSSR count). The van der Waals surface area contributed by atoms with Gasteiger partial charge in [0.25, 0.3) is 0 Å². The molecule has 0 amide bonds. The molecule has 1 atom stereocenters. The summed E-state index contributed by atoms with van der Waals surface area (Å²) in [4.78, 5) is 11.8. The summed E-state index contributed by atoms with van der Waals surface area (Å²) in [5.74, 6) is -0.235. The molecular weight excluding hydrogens is 214 g/mol. The molecule has 1 aromatic carbocycles. The van der Waals surface area contributed by atoms with Crippen molar-refractivity contribution in [2.24, 2.45) is 5.41 Å². The third kappa shape index (κ3) is 3.48. The third-order valence-electron chi connectivity index (χ3n) is 2.75. The highest BCUT2D eigenvalue weighted by Gasteiger charge is 2.32. The number of rotatable bonds is 3. The van der Waals surface area contributed by atoms with Gasteiger partial charge in [-0.3, -0.25) is 0 Å². The summed E-state index contributed by atoms with van der Waals surface area (Å²) < 4.78 is 4.85. The lowest BCUT2D eigenvalue weighted by molar-refractivity contribution is -0.143. The van der Waals surface area contributed by atoms with Gasteiger partial charge in [0.1, 0.15) is 6.04 Å². The van der Waals surface area contributed by atoms with Gasteiger partial charge in [0.2, 0.25) is 0 Å². The highest BCUT2D eigenvalue weighted by Crippen LogP contribution is 2.25. The van der Waals surface area contributed by atoms with Crippen molar-refractivity contribution in [1.29, 1.82) is 0 Å². The summed E-state index contributed by atoms with van der Waals surface area (Å²) >= 11 is 0. The predicted molar refractivity (Wildman–Crippen MR) is 70.1 cm³/mol. The summed E-state index contributed by atoms with van der Waals surface area (Å²) in [5, 5.41) is 3.26. The molecule has 3 heteroatoms. The molecule has 0 aliphatic heterocycles. The lowest BCUT2D eigenvalue weighted by Gasteiger charge is -2.30. The maximum Gasteiger partial charge on any atom is 0.328 e. The summed E-state index contributed by atoms with van der Waals surface area (Å²) in [7, 11) is 1.42. The highest BCUT2D eigenvalue weighted by molar-refractivity contribution is 5.80. The second kappa shape index (κ2) is 5.21. The summed E-state index contributed by atoms with van der Waals surface area (Å²) in [6, 6.07) is 7.56. The Balaban J connectivity index is 2.95. The van der Waals surface area contributed by atoms with E-state index in [2.05, 4.69) is 5.32 Å². The van der Waals surface area contributed by atoms with E-state index in [0.717, 1.165) is 11.3 Å². The Morgan fingerprint density at radius 3 is 2.35 bits per heavy atom. The molecule has 0 saturated heterocycles. The molecule has 17 heavy (non-hydrogen) atoms. The number of para-hydroxylation sites is 1. The Labute approximate surface area is 103 Å². The number of anilines is 1. The number of esters is 1. The fraction of sp³-hybridized carbons (Fsp3) is 0.500. The maximum atomic E-state index is 11.8. The normalized spacial score (nSPS) is 13.0. The van der Waals surface area contributed by atoms with Crippen molar-refractivity contribution >= 4 is 11.7 Å². The first-order chi connectivity index (χ1) is 7.86. The molecule has 1 unspecified atom stereocenters. The van der Waals surface area contributed by atoms with Crippen LogP contribution in [0.1, 0.15) is 26.3 Å². The molecule has 94 valence electrons. The molecule has 1 N–H and O–H groups in total. The van der Waals surface area contributed by atoms with Crippen molar-refractivity contribution in [3.8, 4) is 0 Å². The standard InChI is InChI=1S/C14H21NO2/c1-10-8-6-7-9-11(10)15-12(13(16)17-5)14(2,3)4/h6-9,12,15H,1-5H3. The van der Waals surface area contributed by atoms with Crippen molar-refractivity contribution in [1.82, 2.24) is 0 Å². The van der Waals surface area contributed by atoms with Crippen LogP contribution in [0, 0.1) is 12.3 Å². The van der Waals surface area contributed by atoms with E-state index in [1.54, 1.807) is 0 Å². The molecule has 0 aliphatic rings. The van der Waals surface area contributed by atoms with E-state index in [1.807, 2.05) is 52.0 Å². The van der Waals surface area contributed by atoms with Gasteiger partial charge >= 0.3 is 5.97 Å². The van der Waals surface area contributed by atoms with Crippen LogP contribution in [0.5, 0.6) is 0 Å². The Morgan fingerprint density at radius 1 is 1.29 bits per heavy atom. The Hall–Kier alpha value is -1.51. The van der Waals surface area contributed by atoms with E-state index in [1.165, 1.54) is 7.11 Å². The minimum Gasteiger partial charge on any atom is -0.467 e. The van der Waals surface area contributed by atoms with Crippen LogP contribution in [0.15, 0.2) is 24.3 Å². The summed E-state index contributed by atoms with van der Waals surface area (Å²) in [6.07, 6.45) is 0. The number of carbonyl (C=O) groups is 1. The van der Waals surface area contributed by atoms with Gasteiger partial charge in [-0.2, -0.15) is 0 Å². The lowest BCUT2D eigenvalue weighted by atomic mass is 9.86. The zero-order valence-electron chi connectivity index (χ0n) is 11.2. The number of benzene rings is 1. The second-order valence-electron chi connectivity index (χ2n) is 5.28. The number of nitrogens with one attached hydrogen (secondary N) is 1.